The van der Waals surface area contributed by atoms with Crippen molar-refractivity contribution in [3.8, 4) is 5.75 Å². The predicted octanol–water partition coefficient (Wildman–Crippen LogP) is 1.98. The van der Waals surface area contributed by atoms with E-state index in [9.17, 15) is 0 Å². The molecule has 0 aliphatic carbocycles. The molecule has 4 heteroatoms. The SMILES string of the molecule is CCOC(CN)COc1ccc2cccnc2c1. The molecule has 2 aromatic rings. The van der Waals surface area contributed by atoms with Gasteiger partial charge in [-0.25, -0.2) is 0 Å². The highest BCUT2D eigenvalue weighted by Gasteiger charge is 2.07. The summed E-state index contributed by atoms with van der Waals surface area (Å²) in [5, 5.41) is 1.10. The lowest BCUT2D eigenvalue weighted by Gasteiger charge is -2.15. The summed E-state index contributed by atoms with van der Waals surface area (Å²) in [5.74, 6) is 0.791. The van der Waals surface area contributed by atoms with Crippen molar-refractivity contribution in [1.82, 2.24) is 4.98 Å². The van der Waals surface area contributed by atoms with Gasteiger partial charge in [0.2, 0.25) is 0 Å². The van der Waals surface area contributed by atoms with Crippen LogP contribution in [0.3, 0.4) is 0 Å². The summed E-state index contributed by atoms with van der Waals surface area (Å²) in [6.07, 6.45) is 1.71. The lowest BCUT2D eigenvalue weighted by atomic mass is 10.2. The molecule has 0 aliphatic heterocycles. The van der Waals surface area contributed by atoms with Crippen LogP contribution in [-0.2, 0) is 4.74 Å². The number of hydrogen-bond acceptors (Lipinski definition) is 4. The van der Waals surface area contributed by atoms with E-state index in [4.69, 9.17) is 15.2 Å². The molecule has 0 spiro atoms. The molecule has 0 saturated heterocycles. The van der Waals surface area contributed by atoms with Crippen LogP contribution in [0.4, 0.5) is 0 Å². The van der Waals surface area contributed by atoms with Gasteiger partial charge in [0.1, 0.15) is 18.5 Å². The normalized spacial score (nSPS) is 12.6. The fraction of sp³-hybridized carbons (Fsp3) is 0.357. The number of aromatic nitrogens is 1. The van der Waals surface area contributed by atoms with E-state index < -0.39 is 0 Å². The highest BCUT2D eigenvalue weighted by atomic mass is 16.5. The molecule has 0 fully saturated rings. The van der Waals surface area contributed by atoms with Gasteiger partial charge in [0, 0.05) is 30.8 Å². The van der Waals surface area contributed by atoms with Crippen LogP contribution in [0.2, 0.25) is 0 Å². The van der Waals surface area contributed by atoms with Crippen LogP contribution in [0.15, 0.2) is 36.5 Å². The largest absolute Gasteiger partial charge is 0.491 e. The first-order chi connectivity index (χ1) is 8.83. The molecular formula is C14H18N2O2. The molecule has 2 rings (SSSR count). The van der Waals surface area contributed by atoms with Crippen LogP contribution in [0.25, 0.3) is 10.9 Å². The molecule has 96 valence electrons. The Morgan fingerprint density at radius 2 is 2.22 bits per heavy atom. The van der Waals surface area contributed by atoms with Gasteiger partial charge in [0.05, 0.1) is 5.52 Å². The Bertz CT molecular complexity index is 502. The molecule has 0 saturated carbocycles. The second kappa shape index (κ2) is 6.33. The molecule has 0 aliphatic rings. The Morgan fingerprint density at radius 1 is 1.33 bits per heavy atom. The zero-order valence-corrected chi connectivity index (χ0v) is 10.5. The van der Waals surface area contributed by atoms with E-state index in [2.05, 4.69) is 4.98 Å². The van der Waals surface area contributed by atoms with Gasteiger partial charge in [-0.05, 0) is 25.1 Å². The number of ether oxygens (including phenoxy) is 2. The fourth-order valence-electron chi connectivity index (χ4n) is 1.75. The molecule has 1 unspecified atom stereocenters. The van der Waals surface area contributed by atoms with Gasteiger partial charge >= 0.3 is 0 Å². The summed E-state index contributed by atoms with van der Waals surface area (Å²) in [6, 6.07) is 9.80. The molecular weight excluding hydrogens is 228 g/mol. The maximum absolute atomic E-state index is 5.67. The zero-order chi connectivity index (χ0) is 12.8. The van der Waals surface area contributed by atoms with Crippen molar-refractivity contribution in [2.75, 3.05) is 19.8 Å². The van der Waals surface area contributed by atoms with Crippen molar-refractivity contribution in [2.24, 2.45) is 5.73 Å². The van der Waals surface area contributed by atoms with Crippen molar-refractivity contribution < 1.29 is 9.47 Å². The van der Waals surface area contributed by atoms with Gasteiger partial charge in [-0.15, -0.1) is 0 Å². The summed E-state index contributed by atoms with van der Waals surface area (Å²) >= 11 is 0. The maximum atomic E-state index is 5.67. The Morgan fingerprint density at radius 3 is 3.00 bits per heavy atom. The smallest absolute Gasteiger partial charge is 0.121 e. The van der Waals surface area contributed by atoms with Gasteiger partial charge in [-0.2, -0.15) is 0 Å². The van der Waals surface area contributed by atoms with E-state index in [-0.39, 0.29) is 6.10 Å². The monoisotopic (exact) mass is 246 g/mol. The Balaban J connectivity index is 2.03. The average molecular weight is 246 g/mol. The first kappa shape index (κ1) is 12.8. The van der Waals surface area contributed by atoms with E-state index in [1.54, 1.807) is 6.20 Å². The molecule has 1 heterocycles. The van der Waals surface area contributed by atoms with E-state index in [0.717, 1.165) is 16.7 Å². The van der Waals surface area contributed by atoms with Crippen LogP contribution < -0.4 is 10.5 Å². The van der Waals surface area contributed by atoms with Gasteiger partial charge in [0.15, 0.2) is 0 Å². The summed E-state index contributed by atoms with van der Waals surface area (Å²) in [6.45, 7) is 3.51. The molecule has 1 aromatic heterocycles. The molecule has 0 radical (unpaired) electrons. The summed E-state index contributed by atoms with van der Waals surface area (Å²) in [4.78, 5) is 4.29. The molecule has 0 amide bonds. The summed E-state index contributed by atoms with van der Waals surface area (Å²) in [7, 11) is 0. The van der Waals surface area contributed by atoms with Crippen LogP contribution in [0.5, 0.6) is 5.75 Å². The van der Waals surface area contributed by atoms with Gasteiger partial charge < -0.3 is 15.2 Å². The number of nitrogens with zero attached hydrogens (tertiary/aromatic N) is 1. The second-order valence-corrected chi connectivity index (χ2v) is 3.98. The van der Waals surface area contributed by atoms with Crippen LogP contribution in [0.1, 0.15) is 6.92 Å². The molecule has 4 nitrogen and oxygen atoms in total. The number of nitrogens with two attached hydrogens (primary N) is 1. The first-order valence-electron chi connectivity index (χ1n) is 6.12. The lowest BCUT2D eigenvalue weighted by molar-refractivity contribution is 0.0337. The number of rotatable bonds is 6. The Hall–Kier alpha value is -1.65. The summed E-state index contributed by atoms with van der Waals surface area (Å²) in [5.41, 5.74) is 6.52. The third kappa shape index (κ3) is 3.18. The van der Waals surface area contributed by atoms with Crippen molar-refractivity contribution in [1.29, 1.82) is 0 Å². The van der Waals surface area contributed by atoms with E-state index in [1.807, 2.05) is 37.3 Å². The third-order valence-corrected chi connectivity index (χ3v) is 2.68. The van der Waals surface area contributed by atoms with E-state index >= 15 is 0 Å². The van der Waals surface area contributed by atoms with Crippen LogP contribution >= 0.6 is 0 Å². The van der Waals surface area contributed by atoms with Crippen LogP contribution in [-0.4, -0.2) is 30.8 Å². The minimum Gasteiger partial charge on any atom is -0.491 e. The minimum atomic E-state index is -0.0607. The number of benzene rings is 1. The van der Waals surface area contributed by atoms with E-state index in [0.29, 0.717) is 19.8 Å². The Labute approximate surface area is 107 Å². The quantitative estimate of drug-likeness (QED) is 0.846. The fourth-order valence-corrected chi connectivity index (χ4v) is 1.75. The van der Waals surface area contributed by atoms with Crippen molar-refractivity contribution in [3.63, 3.8) is 0 Å². The van der Waals surface area contributed by atoms with Gasteiger partial charge in [0.25, 0.3) is 0 Å². The van der Waals surface area contributed by atoms with Gasteiger partial charge in [-0.1, -0.05) is 6.07 Å². The first-order valence-corrected chi connectivity index (χ1v) is 6.12. The highest BCUT2D eigenvalue weighted by Crippen LogP contribution is 2.18. The van der Waals surface area contributed by atoms with Crippen molar-refractivity contribution in [3.05, 3.63) is 36.5 Å². The van der Waals surface area contributed by atoms with Crippen LogP contribution in [0, 0.1) is 0 Å². The van der Waals surface area contributed by atoms with E-state index in [1.165, 1.54) is 0 Å². The molecule has 18 heavy (non-hydrogen) atoms. The van der Waals surface area contributed by atoms with Gasteiger partial charge in [-0.3, -0.25) is 4.98 Å². The maximum Gasteiger partial charge on any atom is 0.121 e. The predicted molar refractivity (Wildman–Crippen MR) is 71.7 cm³/mol. The topological polar surface area (TPSA) is 57.4 Å². The number of fused-ring (bicyclic) bond motifs is 1. The third-order valence-electron chi connectivity index (χ3n) is 2.68. The second-order valence-electron chi connectivity index (χ2n) is 3.98. The number of pyridine rings is 1. The molecule has 1 aromatic carbocycles. The molecule has 2 N–H and O–H groups in total. The Kier molecular flexibility index (Phi) is 4.50. The summed E-state index contributed by atoms with van der Waals surface area (Å²) < 4.78 is 11.1. The minimum absolute atomic E-state index is 0.0607. The number of hydrogen-bond donors (Lipinski definition) is 1. The standard InChI is InChI=1S/C14H18N2O2/c1-2-17-13(9-15)10-18-12-6-5-11-4-3-7-16-14(11)8-12/h3-8,13H,2,9-10,15H2,1H3. The zero-order valence-electron chi connectivity index (χ0n) is 10.5. The van der Waals surface area contributed by atoms with Crippen molar-refractivity contribution in [2.45, 2.75) is 13.0 Å². The lowest BCUT2D eigenvalue weighted by Crippen LogP contribution is -2.30. The molecule has 0 bridgehead atoms. The average Bonchev–Trinajstić information content (AvgIpc) is 2.43. The highest BCUT2D eigenvalue weighted by molar-refractivity contribution is 5.79. The van der Waals surface area contributed by atoms with Crippen molar-refractivity contribution >= 4 is 10.9 Å². The molecule has 1 atom stereocenters.